The molecule has 2 amide bonds. The van der Waals surface area contributed by atoms with Crippen molar-refractivity contribution < 1.29 is 24.2 Å². The predicted molar refractivity (Wildman–Crippen MR) is 143 cm³/mol. The smallest absolute Gasteiger partial charge is 0.259 e. The number of likely N-dealkylation sites (N-methyl/N-ethyl adjacent to an activating group) is 1. The number of benzene rings is 1. The number of carbonyl (C=O) groups excluding carboxylic acids is 2. The molecule has 0 saturated heterocycles. The van der Waals surface area contributed by atoms with E-state index >= 15 is 0 Å². The van der Waals surface area contributed by atoms with Crippen LogP contribution in [0.2, 0.25) is 0 Å². The SMILES string of the molecule is COc1ccc(-c2cnc3c(c2)C(=O)N([C@H](C)CO)C[C@@H](C)[C@@H](CN(C)C(=O)Cc2ccncc2)O3)cc1. The van der Waals surface area contributed by atoms with Gasteiger partial charge in [0, 0.05) is 43.7 Å². The third-order valence-electron chi connectivity index (χ3n) is 6.93. The summed E-state index contributed by atoms with van der Waals surface area (Å²) in [6.45, 7) is 4.31. The number of methoxy groups -OCH3 is 1. The van der Waals surface area contributed by atoms with Crippen molar-refractivity contribution in [3.63, 3.8) is 0 Å². The number of carbonyl (C=O) groups is 2. The van der Waals surface area contributed by atoms with E-state index in [0.29, 0.717) is 18.7 Å². The Kier molecular flexibility index (Phi) is 8.58. The highest BCUT2D eigenvalue weighted by molar-refractivity contribution is 5.98. The summed E-state index contributed by atoms with van der Waals surface area (Å²) >= 11 is 0. The fourth-order valence-electron chi connectivity index (χ4n) is 4.44. The Morgan fingerprint density at radius 2 is 1.92 bits per heavy atom. The van der Waals surface area contributed by atoms with Crippen LogP contribution < -0.4 is 9.47 Å². The quantitative estimate of drug-likeness (QED) is 0.489. The Labute approximate surface area is 223 Å². The summed E-state index contributed by atoms with van der Waals surface area (Å²) in [6, 6.07) is 12.5. The van der Waals surface area contributed by atoms with Crippen LogP contribution in [-0.4, -0.2) is 82.7 Å². The molecule has 3 heterocycles. The topological polar surface area (TPSA) is 105 Å². The average Bonchev–Trinajstić information content (AvgIpc) is 2.94. The summed E-state index contributed by atoms with van der Waals surface area (Å²) in [5, 5.41) is 9.90. The molecular formula is C29H34N4O5. The fraction of sp³-hybridized carbons (Fsp3) is 0.379. The van der Waals surface area contributed by atoms with E-state index in [9.17, 15) is 14.7 Å². The van der Waals surface area contributed by atoms with Gasteiger partial charge in [0.25, 0.3) is 5.91 Å². The molecule has 1 N–H and O–H groups in total. The average molecular weight is 519 g/mol. The number of nitrogens with zero attached hydrogens (tertiary/aromatic N) is 4. The molecule has 38 heavy (non-hydrogen) atoms. The van der Waals surface area contributed by atoms with Crippen molar-refractivity contribution in [1.29, 1.82) is 0 Å². The molecular weight excluding hydrogens is 484 g/mol. The first-order chi connectivity index (χ1) is 18.3. The minimum atomic E-state index is -0.416. The van der Waals surface area contributed by atoms with E-state index in [4.69, 9.17) is 9.47 Å². The van der Waals surface area contributed by atoms with Crippen LogP contribution in [0, 0.1) is 5.92 Å². The number of aliphatic hydroxyl groups is 1. The summed E-state index contributed by atoms with van der Waals surface area (Å²) < 4.78 is 11.6. The molecule has 0 bridgehead atoms. The molecule has 1 aromatic carbocycles. The third-order valence-corrected chi connectivity index (χ3v) is 6.93. The second-order valence-electron chi connectivity index (χ2n) is 9.73. The lowest BCUT2D eigenvalue weighted by molar-refractivity contribution is -0.130. The molecule has 9 heteroatoms. The minimum Gasteiger partial charge on any atom is -0.497 e. The van der Waals surface area contributed by atoms with Crippen molar-refractivity contribution >= 4 is 11.8 Å². The number of hydrogen-bond acceptors (Lipinski definition) is 7. The van der Waals surface area contributed by atoms with Crippen molar-refractivity contribution in [1.82, 2.24) is 19.8 Å². The molecule has 3 aromatic rings. The highest BCUT2D eigenvalue weighted by atomic mass is 16.5. The van der Waals surface area contributed by atoms with Gasteiger partial charge in [-0.05, 0) is 48.4 Å². The van der Waals surface area contributed by atoms with Crippen LogP contribution in [0.5, 0.6) is 11.6 Å². The summed E-state index contributed by atoms with van der Waals surface area (Å²) in [5.74, 6) is 0.523. The van der Waals surface area contributed by atoms with Crippen LogP contribution in [0.1, 0.15) is 29.8 Å². The van der Waals surface area contributed by atoms with Gasteiger partial charge in [0.1, 0.15) is 17.4 Å². The fourth-order valence-corrected chi connectivity index (χ4v) is 4.44. The highest BCUT2D eigenvalue weighted by Gasteiger charge is 2.34. The number of pyridine rings is 2. The van der Waals surface area contributed by atoms with Crippen molar-refractivity contribution in [2.45, 2.75) is 32.4 Å². The van der Waals surface area contributed by atoms with E-state index in [1.54, 1.807) is 48.6 Å². The monoisotopic (exact) mass is 518 g/mol. The standard InChI is InChI=1S/C29H34N4O5/c1-19-16-33(20(2)18-34)29(36)25-14-23(22-5-7-24(37-4)8-6-22)15-31-28(25)38-26(19)17-32(3)27(35)13-21-9-11-30-12-10-21/h5-12,14-15,19-20,26,34H,13,16-18H2,1-4H3/t19-,20-,26-/m1/s1. The van der Waals surface area contributed by atoms with E-state index in [1.165, 1.54) is 0 Å². The van der Waals surface area contributed by atoms with Crippen molar-refractivity contribution in [2.75, 3.05) is 33.9 Å². The van der Waals surface area contributed by atoms with Gasteiger partial charge in [0.2, 0.25) is 11.8 Å². The van der Waals surface area contributed by atoms with Gasteiger partial charge in [-0.25, -0.2) is 4.98 Å². The Balaban J connectivity index is 1.63. The lowest BCUT2D eigenvalue weighted by Crippen LogP contribution is -2.50. The van der Waals surface area contributed by atoms with Gasteiger partial charge in [0.05, 0.1) is 32.7 Å². The molecule has 9 nitrogen and oxygen atoms in total. The summed E-state index contributed by atoms with van der Waals surface area (Å²) in [7, 11) is 3.36. The van der Waals surface area contributed by atoms with Crippen molar-refractivity contribution in [3.05, 3.63) is 72.2 Å². The van der Waals surface area contributed by atoms with Crippen LogP contribution in [0.4, 0.5) is 0 Å². The maximum Gasteiger partial charge on any atom is 0.259 e. The molecule has 0 spiro atoms. The van der Waals surface area contributed by atoms with Gasteiger partial charge in [-0.2, -0.15) is 0 Å². The number of fused-ring (bicyclic) bond motifs is 1. The van der Waals surface area contributed by atoms with Crippen LogP contribution in [0.3, 0.4) is 0 Å². The van der Waals surface area contributed by atoms with Crippen LogP contribution in [-0.2, 0) is 11.2 Å². The van der Waals surface area contributed by atoms with E-state index in [-0.39, 0.29) is 36.6 Å². The number of aliphatic hydroxyl groups excluding tert-OH is 1. The third kappa shape index (κ3) is 6.11. The van der Waals surface area contributed by atoms with Gasteiger partial charge in [0.15, 0.2) is 0 Å². The predicted octanol–water partition coefficient (Wildman–Crippen LogP) is 3.07. The molecule has 0 aliphatic carbocycles. The lowest BCUT2D eigenvalue weighted by Gasteiger charge is -2.37. The molecule has 3 atom stereocenters. The van der Waals surface area contributed by atoms with Gasteiger partial charge in [-0.1, -0.05) is 19.1 Å². The second-order valence-corrected chi connectivity index (χ2v) is 9.73. The van der Waals surface area contributed by atoms with E-state index < -0.39 is 12.1 Å². The van der Waals surface area contributed by atoms with Gasteiger partial charge in [-0.15, -0.1) is 0 Å². The van der Waals surface area contributed by atoms with E-state index in [1.807, 2.05) is 50.2 Å². The maximum atomic E-state index is 13.7. The number of aromatic nitrogens is 2. The summed E-state index contributed by atoms with van der Waals surface area (Å²) in [4.78, 5) is 38.5. The first kappa shape index (κ1) is 27.1. The zero-order valence-electron chi connectivity index (χ0n) is 22.2. The first-order valence-electron chi connectivity index (χ1n) is 12.7. The normalized spacial score (nSPS) is 18.0. The Hall–Kier alpha value is -3.98. The van der Waals surface area contributed by atoms with E-state index in [2.05, 4.69) is 9.97 Å². The number of rotatable bonds is 8. The molecule has 4 rings (SSSR count). The summed E-state index contributed by atoms with van der Waals surface area (Å²) in [6.07, 6.45) is 4.85. The zero-order valence-corrected chi connectivity index (χ0v) is 22.2. The molecule has 0 unspecified atom stereocenters. The number of ether oxygens (including phenoxy) is 2. The lowest BCUT2D eigenvalue weighted by atomic mass is 9.99. The molecule has 200 valence electrons. The second kappa shape index (κ2) is 12.0. The van der Waals surface area contributed by atoms with Crippen molar-refractivity contribution in [2.24, 2.45) is 5.92 Å². The number of amides is 2. The Morgan fingerprint density at radius 3 is 2.58 bits per heavy atom. The van der Waals surface area contributed by atoms with Gasteiger partial charge in [-0.3, -0.25) is 14.6 Å². The highest BCUT2D eigenvalue weighted by Crippen LogP contribution is 2.31. The zero-order chi connectivity index (χ0) is 27.2. The van der Waals surface area contributed by atoms with Crippen molar-refractivity contribution in [3.8, 4) is 22.8 Å². The largest absolute Gasteiger partial charge is 0.497 e. The molecule has 2 aromatic heterocycles. The Morgan fingerprint density at radius 1 is 1.21 bits per heavy atom. The molecule has 1 aliphatic heterocycles. The molecule has 1 aliphatic rings. The molecule has 0 fully saturated rings. The minimum absolute atomic E-state index is 0.0474. The van der Waals surface area contributed by atoms with Crippen LogP contribution in [0.15, 0.2) is 61.1 Å². The maximum absolute atomic E-state index is 13.7. The van der Waals surface area contributed by atoms with E-state index in [0.717, 1.165) is 22.4 Å². The number of hydrogen-bond donors (Lipinski definition) is 1. The molecule has 0 radical (unpaired) electrons. The van der Waals surface area contributed by atoms with Gasteiger partial charge >= 0.3 is 0 Å². The molecule has 0 saturated carbocycles. The Bertz CT molecular complexity index is 1250. The first-order valence-corrected chi connectivity index (χ1v) is 12.7. The van der Waals surface area contributed by atoms with Gasteiger partial charge < -0.3 is 24.4 Å². The summed E-state index contributed by atoms with van der Waals surface area (Å²) in [5.41, 5.74) is 2.84. The van der Waals surface area contributed by atoms with Crippen LogP contribution in [0.25, 0.3) is 11.1 Å². The van der Waals surface area contributed by atoms with Crippen LogP contribution >= 0.6 is 0 Å².